The number of aromatic nitrogens is 2. The van der Waals surface area contributed by atoms with Crippen LogP contribution in [0.5, 0.6) is 0 Å². The van der Waals surface area contributed by atoms with Crippen LogP contribution in [0, 0.1) is 0 Å². The summed E-state index contributed by atoms with van der Waals surface area (Å²) >= 11 is 0. The topological polar surface area (TPSA) is 54.6 Å². The molecule has 0 radical (unpaired) electrons. The Kier molecular flexibility index (Phi) is 3.13. The third-order valence-corrected chi connectivity index (χ3v) is 3.22. The average Bonchev–Trinajstić information content (AvgIpc) is 2.86. The Hall–Kier alpha value is -2.83. The van der Waals surface area contributed by atoms with Crippen LogP contribution in [0.2, 0.25) is 0 Å². The van der Waals surface area contributed by atoms with Crippen LogP contribution >= 0.6 is 0 Å². The molecule has 2 heterocycles. The van der Waals surface area contributed by atoms with Gasteiger partial charge in [0.1, 0.15) is 5.82 Å². The van der Waals surface area contributed by atoms with Gasteiger partial charge in [0.25, 0.3) is 0 Å². The summed E-state index contributed by atoms with van der Waals surface area (Å²) in [5, 5.41) is 9.17. The molecule has 112 valence electrons. The standard InChI is InChI=1S/C15H9F3N2O2/c16-15(17,18)10-6-2-1-5-9(10)13-19-12(14(21)22)11-7-3-4-8-20(11)13/h1-8H,(H,21,22). The monoisotopic (exact) mass is 306 g/mol. The number of alkyl halides is 3. The molecule has 0 aliphatic carbocycles. The van der Waals surface area contributed by atoms with Crippen LogP contribution in [-0.4, -0.2) is 20.5 Å². The van der Waals surface area contributed by atoms with Crippen molar-refractivity contribution < 1.29 is 23.1 Å². The van der Waals surface area contributed by atoms with Crippen molar-refractivity contribution in [2.24, 2.45) is 0 Å². The number of carboxylic acids is 1. The highest BCUT2D eigenvalue weighted by Crippen LogP contribution is 2.37. The maximum atomic E-state index is 13.1. The molecular weight excluding hydrogens is 297 g/mol. The van der Waals surface area contributed by atoms with Gasteiger partial charge >= 0.3 is 12.1 Å². The van der Waals surface area contributed by atoms with Gasteiger partial charge in [-0.1, -0.05) is 24.3 Å². The quantitative estimate of drug-likeness (QED) is 0.785. The lowest BCUT2D eigenvalue weighted by Crippen LogP contribution is -2.08. The highest BCUT2D eigenvalue weighted by Gasteiger charge is 2.34. The highest BCUT2D eigenvalue weighted by atomic mass is 19.4. The van der Waals surface area contributed by atoms with Gasteiger partial charge in [-0.15, -0.1) is 0 Å². The van der Waals surface area contributed by atoms with Gasteiger partial charge in [0.15, 0.2) is 5.69 Å². The zero-order valence-corrected chi connectivity index (χ0v) is 11.0. The highest BCUT2D eigenvalue weighted by molar-refractivity contribution is 5.95. The molecule has 3 aromatic rings. The van der Waals surface area contributed by atoms with Crippen molar-refractivity contribution >= 4 is 11.5 Å². The molecule has 0 aliphatic heterocycles. The first-order valence-electron chi connectivity index (χ1n) is 6.26. The molecule has 0 fully saturated rings. The average molecular weight is 306 g/mol. The molecule has 0 unspecified atom stereocenters. The molecule has 22 heavy (non-hydrogen) atoms. The summed E-state index contributed by atoms with van der Waals surface area (Å²) in [4.78, 5) is 15.1. The first-order valence-corrected chi connectivity index (χ1v) is 6.26. The van der Waals surface area contributed by atoms with Crippen LogP contribution < -0.4 is 0 Å². The number of imidazole rings is 1. The number of carbonyl (C=O) groups is 1. The van der Waals surface area contributed by atoms with E-state index in [1.54, 1.807) is 12.1 Å². The zero-order chi connectivity index (χ0) is 15.9. The molecular formula is C15H9F3N2O2. The summed E-state index contributed by atoms with van der Waals surface area (Å²) in [6.45, 7) is 0. The second-order valence-corrected chi connectivity index (χ2v) is 4.59. The van der Waals surface area contributed by atoms with Gasteiger partial charge < -0.3 is 5.11 Å². The lowest BCUT2D eigenvalue weighted by atomic mass is 10.1. The molecule has 0 aliphatic rings. The SMILES string of the molecule is O=C(O)c1nc(-c2ccccc2C(F)(F)F)n2ccccc12. The lowest BCUT2D eigenvalue weighted by Gasteiger charge is -2.11. The largest absolute Gasteiger partial charge is 0.476 e. The number of carboxylic acid groups (broad SMARTS) is 1. The number of pyridine rings is 1. The summed E-state index contributed by atoms with van der Waals surface area (Å²) in [6.07, 6.45) is -3.07. The fourth-order valence-corrected chi connectivity index (χ4v) is 2.31. The van der Waals surface area contributed by atoms with Crippen LogP contribution in [0.15, 0.2) is 48.7 Å². The number of aromatic carboxylic acids is 1. The van der Waals surface area contributed by atoms with E-state index in [0.29, 0.717) is 0 Å². The normalized spacial score (nSPS) is 11.8. The summed E-state index contributed by atoms with van der Waals surface area (Å²) in [6, 6.07) is 9.64. The van der Waals surface area contributed by atoms with Gasteiger partial charge in [-0.2, -0.15) is 13.2 Å². The minimum Gasteiger partial charge on any atom is -0.476 e. The first kappa shape index (κ1) is 14.1. The minimum absolute atomic E-state index is 0.0547. The van der Waals surface area contributed by atoms with E-state index in [1.807, 2.05) is 0 Å². The van der Waals surface area contributed by atoms with Gasteiger partial charge in [-0.25, -0.2) is 9.78 Å². The van der Waals surface area contributed by atoms with Gasteiger partial charge in [0.2, 0.25) is 0 Å². The Morgan fingerprint density at radius 3 is 2.45 bits per heavy atom. The van der Waals surface area contributed by atoms with Crippen LogP contribution in [0.4, 0.5) is 13.2 Å². The van der Waals surface area contributed by atoms with Crippen LogP contribution in [0.3, 0.4) is 0 Å². The number of rotatable bonds is 2. The molecule has 0 atom stereocenters. The Bertz CT molecular complexity index is 869. The molecule has 7 heteroatoms. The Labute approximate surface area is 122 Å². The van der Waals surface area contributed by atoms with Crippen molar-refractivity contribution in [3.05, 3.63) is 59.9 Å². The summed E-state index contributed by atoms with van der Waals surface area (Å²) in [5.74, 6) is -1.35. The first-order chi connectivity index (χ1) is 10.4. The van der Waals surface area contributed by atoms with Crippen LogP contribution in [0.25, 0.3) is 16.9 Å². The molecule has 3 rings (SSSR count). The van der Waals surface area contributed by atoms with E-state index < -0.39 is 17.7 Å². The Balaban J connectivity index is 2.35. The number of hydrogen-bond donors (Lipinski definition) is 1. The predicted molar refractivity (Wildman–Crippen MR) is 72.6 cm³/mol. The number of fused-ring (bicyclic) bond motifs is 1. The third kappa shape index (κ3) is 2.20. The predicted octanol–water partition coefficient (Wildman–Crippen LogP) is 3.72. The van der Waals surface area contributed by atoms with Crippen LogP contribution in [0.1, 0.15) is 16.1 Å². The number of benzene rings is 1. The van der Waals surface area contributed by atoms with Gasteiger partial charge in [0, 0.05) is 11.8 Å². The van der Waals surface area contributed by atoms with Crippen molar-refractivity contribution in [2.75, 3.05) is 0 Å². The maximum absolute atomic E-state index is 13.1. The molecule has 0 bridgehead atoms. The number of hydrogen-bond acceptors (Lipinski definition) is 2. The van der Waals surface area contributed by atoms with E-state index >= 15 is 0 Å². The second-order valence-electron chi connectivity index (χ2n) is 4.59. The van der Waals surface area contributed by atoms with E-state index in [9.17, 15) is 23.1 Å². The fraction of sp³-hybridized carbons (Fsp3) is 0.0667. The molecule has 1 N–H and O–H groups in total. The molecule has 0 saturated carbocycles. The van der Waals surface area contributed by atoms with Crippen molar-refractivity contribution in [1.29, 1.82) is 0 Å². The zero-order valence-electron chi connectivity index (χ0n) is 11.0. The van der Waals surface area contributed by atoms with Crippen molar-refractivity contribution in [1.82, 2.24) is 9.38 Å². The molecule has 0 spiro atoms. The van der Waals surface area contributed by atoms with E-state index in [0.717, 1.165) is 6.07 Å². The smallest absolute Gasteiger partial charge is 0.417 e. The number of nitrogens with zero attached hydrogens (tertiary/aromatic N) is 2. The van der Waals surface area contributed by atoms with Crippen molar-refractivity contribution in [3.63, 3.8) is 0 Å². The molecule has 0 saturated heterocycles. The van der Waals surface area contributed by atoms with E-state index in [2.05, 4.69) is 4.98 Å². The third-order valence-electron chi connectivity index (χ3n) is 3.22. The van der Waals surface area contributed by atoms with Crippen molar-refractivity contribution in [2.45, 2.75) is 6.18 Å². The molecule has 0 amide bonds. The maximum Gasteiger partial charge on any atom is 0.417 e. The minimum atomic E-state index is -4.55. The Morgan fingerprint density at radius 1 is 1.09 bits per heavy atom. The van der Waals surface area contributed by atoms with E-state index in [-0.39, 0.29) is 22.6 Å². The van der Waals surface area contributed by atoms with Gasteiger partial charge in [-0.05, 0) is 18.2 Å². The second kappa shape index (κ2) is 4.87. The van der Waals surface area contributed by atoms with Gasteiger partial charge in [0.05, 0.1) is 11.1 Å². The Morgan fingerprint density at radius 2 is 1.77 bits per heavy atom. The van der Waals surface area contributed by atoms with E-state index in [1.165, 1.54) is 34.9 Å². The number of halogens is 3. The summed E-state index contributed by atoms with van der Waals surface area (Å²) in [5.41, 5.74) is -1.07. The fourth-order valence-electron chi connectivity index (χ4n) is 2.31. The van der Waals surface area contributed by atoms with Crippen molar-refractivity contribution in [3.8, 4) is 11.4 Å². The lowest BCUT2D eigenvalue weighted by molar-refractivity contribution is -0.137. The summed E-state index contributed by atoms with van der Waals surface area (Å²) in [7, 11) is 0. The van der Waals surface area contributed by atoms with Gasteiger partial charge in [-0.3, -0.25) is 4.40 Å². The van der Waals surface area contributed by atoms with E-state index in [4.69, 9.17) is 0 Å². The molecule has 2 aromatic heterocycles. The summed E-state index contributed by atoms with van der Waals surface area (Å²) < 4.78 is 40.8. The molecule has 1 aromatic carbocycles. The molecule has 4 nitrogen and oxygen atoms in total. The van der Waals surface area contributed by atoms with Crippen LogP contribution in [-0.2, 0) is 6.18 Å².